The van der Waals surface area contributed by atoms with Crippen LogP contribution in [-0.4, -0.2) is 64.9 Å². The summed E-state index contributed by atoms with van der Waals surface area (Å²) in [7, 11) is 0. The van der Waals surface area contributed by atoms with Gasteiger partial charge < -0.3 is 19.3 Å². The van der Waals surface area contributed by atoms with Gasteiger partial charge in [0.05, 0.1) is 35.8 Å². The van der Waals surface area contributed by atoms with Gasteiger partial charge in [0, 0.05) is 38.9 Å². The Morgan fingerprint density at radius 2 is 1.95 bits per heavy atom. The van der Waals surface area contributed by atoms with E-state index in [0.717, 1.165) is 42.8 Å². The first-order valence-corrected chi connectivity index (χ1v) is 13.2. The maximum absolute atomic E-state index is 14.6. The van der Waals surface area contributed by atoms with E-state index in [4.69, 9.17) is 19.3 Å². The number of aliphatic hydroxyl groups excluding tert-OH is 1. The topological polar surface area (TPSA) is 69.0 Å². The van der Waals surface area contributed by atoms with Crippen LogP contribution in [0.5, 0.6) is 11.6 Å². The number of benzene rings is 2. The van der Waals surface area contributed by atoms with E-state index < -0.39 is 17.7 Å². The highest BCUT2D eigenvalue weighted by atomic mass is 19.1. The lowest BCUT2D eigenvalue weighted by Gasteiger charge is -2.27. The molecule has 0 bridgehead atoms. The molecule has 4 rings (SSSR count). The number of para-hydroxylation sites is 1. The molecule has 1 aromatic heterocycles. The van der Waals surface area contributed by atoms with Crippen LogP contribution in [0.2, 0.25) is 0 Å². The van der Waals surface area contributed by atoms with E-state index in [9.17, 15) is 13.9 Å². The van der Waals surface area contributed by atoms with Crippen LogP contribution in [0.4, 0.5) is 8.78 Å². The molecule has 7 nitrogen and oxygen atoms in total. The molecule has 0 aliphatic carbocycles. The molecular formula is C29H37F2N3O4. The number of aromatic nitrogens is 2. The van der Waals surface area contributed by atoms with E-state index in [0.29, 0.717) is 43.7 Å². The zero-order chi connectivity index (χ0) is 27.1. The summed E-state index contributed by atoms with van der Waals surface area (Å²) >= 11 is 0. The molecule has 38 heavy (non-hydrogen) atoms. The van der Waals surface area contributed by atoms with Crippen LogP contribution in [-0.2, 0) is 16.0 Å². The number of aryl methyl sites for hydroxylation is 1. The van der Waals surface area contributed by atoms with Gasteiger partial charge in [-0.2, -0.15) is 5.10 Å². The van der Waals surface area contributed by atoms with Gasteiger partial charge in [-0.05, 0) is 49.9 Å². The molecule has 2 aromatic carbocycles. The SMILES string of the molecule is Cc1nn(-c2ccccc2)c(Oc2ccc(F)cc2F)c1CN(CC(O)COCC(C)C)CC1CCCO1. The van der Waals surface area contributed by atoms with Crippen LogP contribution in [0, 0.1) is 24.5 Å². The molecule has 1 fully saturated rings. The quantitative estimate of drug-likeness (QED) is 0.326. The van der Waals surface area contributed by atoms with Crippen molar-refractivity contribution in [2.24, 2.45) is 5.92 Å². The Kier molecular flexibility index (Phi) is 9.85. The molecule has 2 unspecified atom stereocenters. The van der Waals surface area contributed by atoms with E-state index in [2.05, 4.69) is 18.7 Å². The summed E-state index contributed by atoms with van der Waals surface area (Å²) in [5.41, 5.74) is 2.19. The molecule has 9 heteroatoms. The highest BCUT2D eigenvalue weighted by Crippen LogP contribution is 2.33. The van der Waals surface area contributed by atoms with Crippen molar-refractivity contribution in [1.82, 2.24) is 14.7 Å². The zero-order valence-corrected chi connectivity index (χ0v) is 22.3. The van der Waals surface area contributed by atoms with Crippen molar-refractivity contribution in [2.75, 3.05) is 32.9 Å². The van der Waals surface area contributed by atoms with Gasteiger partial charge in [0.15, 0.2) is 11.6 Å². The molecule has 0 saturated carbocycles. The summed E-state index contributed by atoms with van der Waals surface area (Å²) in [6.45, 7) is 8.89. The molecule has 0 spiro atoms. The third-order valence-electron chi connectivity index (χ3n) is 6.34. The van der Waals surface area contributed by atoms with E-state index in [-0.39, 0.29) is 18.5 Å². The van der Waals surface area contributed by atoms with Gasteiger partial charge in [-0.25, -0.2) is 13.5 Å². The Labute approximate surface area is 222 Å². The molecule has 1 N–H and O–H groups in total. The summed E-state index contributed by atoms with van der Waals surface area (Å²) < 4.78 is 47.4. The number of nitrogens with zero attached hydrogens (tertiary/aromatic N) is 3. The highest BCUT2D eigenvalue weighted by molar-refractivity contribution is 5.43. The standard InChI is InChI=1S/C29H37F2N3O4/c1-20(2)18-36-19-24(35)15-33(16-25-10-7-13-37-25)17-26-21(3)32-34(23-8-5-4-6-9-23)29(26)38-28-12-11-22(30)14-27(28)31/h4-6,8-9,11-12,14,20,24-25,35H,7,10,13,15-19H2,1-3H3. The van der Waals surface area contributed by atoms with E-state index in [1.807, 2.05) is 37.3 Å². The average Bonchev–Trinajstić information content (AvgIpc) is 3.49. The molecule has 0 amide bonds. The van der Waals surface area contributed by atoms with Gasteiger partial charge in [0.1, 0.15) is 5.82 Å². The largest absolute Gasteiger partial charge is 0.435 e. The van der Waals surface area contributed by atoms with Crippen LogP contribution < -0.4 is 4.74 Å². The summed E-state index contributed by atoms with van der Waals surface area (Å²) in [5.74, 6) is -0.870. The van der Waals surface area contributed by atoms with Crippen molar-refractivity contribution in [3.8, 4) is 17.3 Å². The second-order valence-electron chi connectivity index (χ2n) is 10.2. The third-order valence-corrected chi connectivity index (χ3v) is 6.34. The zero-order valence-electron chi connectivity index (χ0n) is 22.3. The molecular weight excluding hydrogens is 492 g/mol. The molecule has 1 saturated heterocycles. The lowest BCUT2D eigenvalue weighted by Crippen LogP contribution is -2.39. The second-order valence-corrected chi connectivity index (χ2v) is 10.2. The minimum Gasteiger partial charge on any atom is -0.435 e. The Balaban J connectivity index is 1.64. The van der Waals surface area contributed by atoms with E-state index >= 15 is 0 Å². The Morgan fingerprint density at radius 3 is 2.63 bits per heavy atom. The third kappa shape index (κ3) is 7.60. The normalized spacial score (nSPS) is 16.5. The summed E-state index contributed by atoms with van der Waals surface area (Å²) in [6, 6.07) is 12.6. The second kappa shape index (κ2) is 13.3. The molecule has 206 valence electrons. The van der Waals surface area contributed by atoms with Gasteiger partial charge in [-0.1, -0.05) is 32.0 Å². The number of aliphatic hydroxyl groups is 1. The van der Waals surface area contributed by atoms with Crippen LogP contribution in [0.3, 0.4) is 0 Å². The minimum absolute atomic E-state index is 0.0576. The maximum Gasteiger partial charge on any atom is 0.227 e. The smallest absolute Gasteiger partial charge is 0.227 e. The van der Waals surface area contributed by atoms with Crippen molar-refractivity contribution in [2.45, 2.75) is 52.4 Å². The van der Waals surface area contributed by atoms with Crippen molar-refractivity contribution in [3.63, 3.8) is 0 Å². The first-order chi connectivity index (χ1) is 18.3. The van der Waals surface area contributed by atoms with Crippen LogP contribution in [0.25, 0.3) is 5.69 Å². The first kappa shape index (κ1) is 28.2. The fourth-order valence-corrected chi connectivity index (χ4v) is 4.53. The van der Waals surface area contributed by atoms with Crippen LogP contribution in [0.15, 0.2) is 48.5 Å². The Morgan fingerprint density at radius 1 is 1.16 bits per heavy atom. The van der Waals surface area contributed by atoms with Crippen molar-refractivity contribution in [1.29, 1.82) is 0 Å². The first-order valence-electron chi connectivity index (χ1n) is 13.2. The fraction of sp³-hybridized carbons (Fsp3) is 0.483. The number of hydrogen-bond acceptors (Lipinski definition) is 6. The summed E-state index contributed by atoms with van der Waals surface area (Å²) in [4.78, 5) is 2.10. The fourth-order valence-electron chi connectivity index (χ4n) is 4.53. The van der Waals surface area contributed by atoms with Gasteiger partial charge >= 0.3 is 0 Å². The molecule has 2 heterocycles. The minimum atomic E-state index is -0.802. The van der Waals surface area contributed by atoms with Crippen LogP contribution in [0.1, 0.15) is 37.9 Å². The van der Waals surface area contributed by atoms with Gasteiger partial charge in [-0.15, -0.1) is 0 Å². The number of rotatable bonds is 13. The van der Waals surface area contributed by atoms with Gasteiger partial charge in [0.2, 0.25) is 5.88 Å². The predicted octanol–water partition coefficient (Wildman–Crippen LogP) is 5.27. The molecule has 1 aliphatic heterocycles. The van der Waals surface area contributed by atoms with E-state index in [1.165, 1.54) is 6.07 Å². The monoisotopic (exact) mass is 529 g/mol. The molecule has 0 radical (unpaired) electrons. The lowest BCUT2D eigenvalue weighted by molar-refractivity contribution is -0.00406. The molecule has 2 atom stereocenters. The lowest BCUT2D eigenvalue weighted by atomic mass is 10.1. The Hall–Kier alpha value is -2.85. The number of ether oxygens (including phenoxy) is 3. The summed E-state index contributed by atoms with van der Waals surface area (Å²) in [6.07, 6.45) is 1.31. The predicted molar refractivity (Wildman–Crippen MR) is 141 cm³/mol. The van der Waals surface area contributed by atoms with Gasteiger partial charge in [-0.3, -0.25) is 4.90 Å². The van der Waals surface area contributed by atoms with Crippen molar-refractivity contribution in [3.05, 3.63) is 71.4 Å². The van der Waals surface area contributed by atoms with Crippen molar-refractivity contribution < 1.29 is 28.1 Å². The van der Waals surface area contributed by atoms with Crippen LogP contribution >= 0.6 is 0 Å². The average molecular weight is 530 g/mol. The molecule has 1 aliphatic rings. The van der Waals surface area contributed by atoms with E-state index in [1.54, 1.807) is 4.68 Å². The summed E-state index contributed by atoms with van der Waals surface area (Å²) in [5, 5.41) is 15.5. The number of halogens is 2. The maximum atomic E-state index is 14.6. The molecule has 3 aromatic rings. The highest BCUT2D eigenvalue weighted by Gasteiger charge is 2.26. The number of hydrogen-bond donors (Lipinski definition) is 1. The van der Waals surface area contributed by atoms with Gasteiger partial charge in [0.25, 0.3) is 0 Å². The Bertz CT molecular complexity index is 1170. The van der Waals surface area contributed by atoms with Crippen molar-refractivity contribution >= 4 is 0 Å².